The Balaban J connectivity index is 2.16. The summed E-state index contributed by atoms with van der Waals surface area (Å²) in [6.07, 6.45) is 3.37. The van der Waals surface area contributed by atoms with Crippen molar-refractivity contribution in [3.05, 3.63) is 35.1 Å². The first-order valence-electron chi connectivity index (χ1n) is 5.66. The summed E-state index contributed by atoms with van der Waals surface area (Å²) in [6.45, 7) is 2.00. The molecule has 0 saturated carbocycles. The van der Waals surface area contributed by atoms with Gasteiger partial charge in [-0.2, -0.15) is 0 Å². The molecule has 2 unspecified atom stereocenters. The summed E-state index contributed by atoms with van der Waals surface area (Å²) in [5, 5.41) is 9.79. The largest absolute Gasteiger partial charge is 0.393 e. The topological polar surface area (TPSA) is 20.2 Å². The minimum atomic E-state index is -0.205. The van der Waals surface area contributed by atoms with Gasteiger partial charge in [-0.05, 0) is 54.9 Å². The van der Waals surface area contributed by atoms with Gasteiger partial charge in [-0.15, -0.1) is 0 Å². The fourth-order valence-corrected chi connectivity index (χ4v) is 2.41. The number of rotatable bonds is 2. The second kappa shape index (κ2) is 4.31. The summed E-state index contributed by atoms with van der Waals surface area (Å²) in [5.41, 5.74) is 2.33. The predicted octanol–water partition coefficient (Wildman–Crippen LogP) is 2.70. The third-order valence-electron chi connectivity index (χ3n) is 3.40. The van der Waals surface area contributed by atoms with Crippen molar-refractivity contribution < 1.29 is 9.50 Å². The molecule has 2 heteroatoms. The number of hydrogen-bond donors (Lipinski definition) is 1. The Morgan fingerprint density at radius 1 is 1.47 bits per heavy atom. The molecule has 0 bridgehead atoms. The van der Waals surface area contributed by atoms with Gasteiger partial charge >= 0.3 is 0 Å². The molecule has 15 heavy (non-hydrogen) atoms. The Bertz CT molecular complexity index is 348. The second-order valence-electron chi connectivity index (χ2n) is 4.39. The number of halogens is 1. The normalized spacial score (nSPS) is 22.2. The van der Waals surface area contributed by atoms with Crippen LogP contribution in [0.15, 0.2) is 18.2 Å². The van der Waals surface area contributed by atoms with Crippen LogP contribution < -0.4 is 0 Å². The number of hydrogen-bond acceptors (Lipinski definition) is 1. The van der Waals surface area contributed by atoms with Crippen molar-refractivity contribution >= 4 is 0 Å². The fraction of sp³-hybridized carbons (Fsp3) is 0.538. The first-order valence-corrected chi connectivity index (χ1v) is 5.66. The van der Waals surface area contributed by atoms with Gasteiger partial charge in [-0.1, -0.05) is 13.0 Å². The molecule has 0 heterocycles. The highest BCUT2D eigenvalue weighted by atomic mass is 19.1. The van der Waals surface area contributed by atoms with E-state index in [1.807, 2.05) is 13.0 Å². The van der Waals surface area contributed by atoms with E-state index in [-0.39, 0.29) is 11.9 Å². The summed E-state index contributed by atoms with van der Waals surface area (Å²) in [6, 6.07) is 5.00. The maximum absolute atomic E-state index is 13.0. The van der Waals surface area contributed by atoms with Gasteiger partial charge in [-0.25, -0.2) is 4.39 Å². The molecule has 0 fully saturated rings. The summed E-state index contributed by atoms with van der Waals surface area (Å²) < 4.78 is 13.0. The molecule has 0 saturated heterocycles. The van der Waals surface area contributed by atoms with Crippen LogP contribution in [0.3, 0.4) is 0 Å². The molecule has 2 atom stereocenters. The Hall–Kier alpha value is -0.890. The number of benzene rings is 1. The van der Waals surface area contributed by atoms with Crippen LogP contribution in [-0.4, -0.2) is 11.2 Å². The van der Waals surface area contributed by atoms with Crippen molar-refractivity contribution in [1.29, 1.82) is 0 Å². The summed E-state index contributed by atoms with van der Waals surface area (Å²) in [7, 11) is 0. The lowest BCUT2D eigenvalue weighted by Gasteiger charge is -2.27. The number of aliphatic hydroxyl groups excluding tert-OH is 1. The molecular weight excluding hydrogens is 191 g/mol. The smallest absolute Gasteiger partial charge is 0.123 e. The molecule has 82 valence electrons. The summed E-state index contributed by atoms with van der Waals surface area (Å²) >= 11 is 0. The van der Waals surface area contributed by atoms with Crippen LogP contribution >= 0.6 is 0 Å². The average molecular weight is 208 g/mol. The van der Waals surface area contributed by atoms with Gasteiger partial charge in [0.25, 0.3) is 0 Å². The van der Waals surface area contributed by atoms with Gasteiger partial charge in [-0.3, -0.25) is 0 Å². The Morgan fingerprint density at radius 2 is 2.27 bits per heavy atom. The van der Waals surface area contributed by atoms with E-state index in [1.165, 1.54) is 11.6 Å². The molecule has 1 aliphatic rings. The third kappa shape index (κ3) is 2.20. The maximum atomic E-state index is 13.0. The molecule has 0 aliphatic heterocycles. The van der Waals surface area contributed by atoms with E-state index >= 15 is 0 Å². The predicted molar refractivity (Wildman–Crippen MR) is 58.2 cm³/mol. The lowest BCUT2D eigenvalue weighted by atomic mass is 9.80. The van der Waals surface area contributed by atoms with Crippen LogP contribution in [0.5, 0.6) is 0 Å². The zero-order chi connectivity index (χ0) is 10.8. The highest BCUT2D eigenvalue weighted by Gasteiger charge is 2.23. The Labute approximate surface area is 89.9 Å². The molecule has 1 aromatic carbocycles. The zero-order valence-electron chi connectivity index (χ0n) is 9.04. The van der Waals surface area contributed by atoms with Crippen molar-refractivity contribution in [3.63, 3.8) is 0 Å². The molecule has 0 radical (unpaired) electrons. The van der Waals surface area contributed by atoms with E-state index < -0.39 is 0 Å². The number of aryl methyl sites for hydroxylation is 1. The van der Waals surface area contributed by atoms with Crippen molar-refractivity contribution in [2.75, 3.05) is 0 Å². The highest BCUT2D eigenvalue weighted by Crippen LogP contribution is 2.28. The van der Waals surface area contributed by atoms with Gasteiger partial charge in [0.2, 0.25) is 0 Å². The maximum Gasteiger partial charge on any atom is 0.123 e. The van der Waals surface area contributed by atoms with Crippen LogP contribution in [0.25, 0.3) is 0 Å². The minimum absolute atomic E-state index is 0.150. The van der Waals surface area contributed by atoms with Gasteiger partial charge < -0.3 is 5.11 Å². The second-order valence-corrected chi connectivity index (χ2v) is 4.39. The first-order chi connectivity index (χ1) is 7.20. The molecule has 1 aromatic rings. The Kier molecular flexibility index (Phi) is 3.06. The van der Waals surface area contributed by atoms with Crippen molar-refractivity contribution in [3.8, 4) is 0 Å². The van der Waals surface area contributed by atoms with E-state index in [0.717, 1.165) is 31.2 Å². The fourth-order valence-electron chi connectivity index (χ4n) is 2.41. The van der Waals surface area contributed by atoms with Crippen molar-refractivity contribution in [2.24, 2.45) is 5.92 Å². The lowest BCUT2D eigenvalue weighted by molar-refractivity contribution is 0.0954. The van der Waals surface area contributed by atoms with Gasteiger partial charge in [0, 0.05) is 0 Å². The first kappa shape index (κ1) is 10.6. The summed E-state index contributed by atoms with van der Waals surface area (Å²) in [4.78, 5) is 0. The third-order valence-corrected chi connectivity index (χ3v) is 3.40. The van der Waals surface area contributed by atoms with Crippen LogP contribution in [0.4, 0.5) is 4.39 Å². The van der Waals surface area contributed by atoms with Gasteiger partial charge in [0.1, 0.15) is 5.82 Å². The minimum Gasteiger partial charge on any atom is -0.393 e. The molecule has 0 amide bonds. The molecule has 1 aliphatic carbocycles. The van der Waals surface area contributed by atoms with E-state index in [9.17, 15) is 9.50 Å². The van der Waals surface area contributed by atoms with Gasteiger partial charge in [0.15, 0.2) is 0 Å². The Morgan fingerprint density at radius 3 is 3.00 bits per heavy atom. The molecule has 0 spiro atoms. The van der Waals surface area contributed by atoms with E-state index in [2.05, 4.69) is 0 Å². The highest BCUT2D eigenvalue weighted by molar-refractivity contribution is 5.30. The van der Waals surface area contributed by atoms with Crippen LogP contribution in [0, 0.1) is 11.7 Å². The molecule has 1 nitrogen and oxygen atoms in total. The van der Waals surface area contributed by atoms with E-state index in [1.54, 1.807) is 6.07 Å². The quantitative estimate of drug-likeness (QED) is 0.792. The monoisotopic (exact) mass is 208 g/mol. The standard InChI is InChI=1S/C13H17FO/c1-2-13(15)11-4-3-10-8-12(14)6-5-9(10)7-11/h5-6,8,11,13,15H,2-4,7H2,1H3. The average Bonchev–Trinajstić information content (AvgIpc) is 2.27. The molecule has 2 rings (SSSR count). The lowest BCUT2D eigenvalue weighted by Crippen LogP contribution is -2.26. The van der Waals surface area contributed by atoms with Crippen LogP contribution in [0.2, 0.25) is 0 Å². The van der Waals surface area contributed by atoms with Crippen molar-refractivity contribution in [2.45, 2.75) is 38.7 Å². The summed E-state index contributed by atoms with van der Waals surface area (Å²) in [5.74, 6) is 0.205. The van der Waals surface area contributed by atoms with E-state index in [0.29, 0.717) is 5.92 Å². The molecule has 1 N–H and O–H groups in total. The molecule has 0 aromatic heterocycles. The number of aliphatic hydroxyl groups is 1. The van der Waals surface area contributed by atoms with Crippen LogP contribution in [0.1, 0.15) is 30.9 Å². The van der Waals surface area contributed by atoms with E-state index in [4.69, 9.17) is 0 Å². The molecular formula is C13H17FO. The zero-order valence-corrected chi connectivity index (χ0v) is 9.04. The van der Waals surface area contributed by atoms with Crippen molar-refractivity contribution in [1.82, 2.24) is 0 Å². The number of fused-ring (bicyclic) bond motifs is 1. The SMILES string of the molecule is CCC(O)C1CCc2cc(F)ccc2C1. The van der Waals surface area contributed by atoms with Gasteiger partial charge in [0.05, 0.1) is 6.10 Å². The van der Waals surface area contributed by atoms with Crippen LogP contribution in [-0.2, 0) is 12.8 Å².